The monoisotopic (exact) mass is 378 g/mol. The number of halogens is 1. The number of piperidine rings is 1. The van der Waals surface area contributed by atoms with E-state index in [9.17, 15) is 4.79 Å². The molecule has 0 unspecified atom stereocenters. The molecule has 0 saturated carbocycles. The number of nitrogens with one attached hydrogen (secondary N) is 1. The second-order valence-corrected chi connectivity index (χ2v) is 8.24. The Labute approximate surface area is 159 Å². The molecule has 1 aromatic rings. The Morgan fingerprint density at radius 1 is 1.19 bits per heavy atom. The number of rotatable bonds is 3. The Balaban J connectivity index is 1.49. The molecule has 8 heteroatoms. The number of carbonyl (C=O) groups is 1. The van der Waals surface area contributed by atoms with Crippen LogP contribution in [0.3, 0.4) is 0 Å². The number of aromatic nitrogens is 2. The minimum absolute atomic E-state index is 0.186. The maximum atomic E-state index is 13.5. The van der Waals surface area contributed by atoms with E-state index in [1.54, 1.807) is 12.4 Å². The Kier molecular flexibility index (Phi) is 5.03. The molecular formula is C18H27ClN6O. The Morgan fingerprint density at radius 3 is 2.65 bits per heavy atom. The molecule has 1 amide bonds. The number of carbonyl (C=O) groups excluding carboxylic acids is 1. The molecule has 1 N–H and O–H groups in total. The topological polar surface area (TPSA) is 64.6 Å². The summed E-state index contributed by atoms with van der Waals surface area (Å²) in [6.45, 7) is 5.46. The highest BCUT2D eigenvalue weighted by Crippen LogP contribution is 2.40. The van der Waals surface area contributed by atoms with E-state index in [1.165, 1.54) is 6.42 Å². The number of hydrogen-bond acceptors (Lipinski definition) is 6. The summed E-state index contributed by atoms with van der Waals surface area (Å²) in [6.07, 6.45) is 7.28. The minimum atomic E-state index is -0.349. The van der Waals surface area contributed by atoms with Crippen molar-refractivity contribution in [2.45, 2.75) is 37.3 Å². The van der Waals surface area contributed by atoms with Crippen LogP contribution >= 0.6 is 11.6 Å². The lowest BCUT2D eigenvalue weighted by Crippen LogP contribution is -2.61. The van der Waals surface area contributed by atoms with Crippen molar-refractivity contribution in [3.8, 4) is 0 Å². The number of likely N-dealkylation sites (N-methyl/N-ethyl adjacent to an activating group) is 1. The lowest BCUT2D eigenvalue weighted by Gasteiger charge is -2.45. The summed E-state index contributed by atoms with van der Waals surface area (Å²) in [6, 6.07) is 0.186. The smallest absolute Gasteiger partial charge is 0.243 e. The predicted octanol–water partition coefficient (Wildman–Crippen LogP) is 1.31. The molecule has 4 rings (SSSR count). The third-order valence-electron chi connectivity index (χ3n) is 6.04. The van der Waals surface area contributed by atoms with Crippen LogP contribution in [0, 0.1) is 0 Å². The van der Waals surface area contributed by atoms with E-state index in [-0.39, 0.29) is 11.6 Å². The number of piperazine rings is 1. The van der Waals surface area contributed by atoms with E-state index in [2.05, 4.69) is 37.0 Å². The van der Waals surface area contributed by atoms with Crippen molar-refractivity contribution >= 4 is 23.5 Å². The molecule has 7 nitrogen and oxygen atoms in total. The first-order valence-electron chi connectivity index (χ1n) is 9.54. The highest BCUT2D eigenvalue weighted by molar-refractivity contribution is 6.30. The first kappa shape index (κ1) is 17.9. The van der Waals surface area contributed by atoms with Crippen molar-refractivity contribution in [2.24, 2.45) is 0 Å². The summed E-state index contributed by atoms with van der Waals surface area (Å²) < 4.78 is 0. The van der Waals surface area contributed by atoms with Crippen molar-refractivity contribution in [1.82, 2.24) is 24.7 Å². The van der Waals surface area contributed by atoms with Crippen LogP contribution in [0.1, 0.15) is 25.7 Å². The van der Waals surface area contributed by atoms with Crippen LogP contribution in [-0.2, 0) is 4.79 Å². The maximum Gasteiger partial charge on any atom is 0.243 e. The average molecular weight is 379 g/mol. The molecule has 3 saturated heterocycles. The van der Waals surface area contributed by atoms with Crippen molar-refractivity contribution in [3.05, 3.63) is 17.4 Å². The lowest BCUT2D eigenvalue weighted by molar-refractivity contribution is -0.146. The third kappa shape index (κ3) is 3.40. The van der Waals surface area contributed by atoms with E-state index in [0.717, 1.165) is 58.5 Å². The van der Waals surface area contributed by atoms with Gasteiger partial charge in [-0.15, -0.1) is 0 Å². The minimum Gasteiger partial charge on any atom is -0.350 e. The summed E-state index contributed by atoms with van der Waals surface area (Å²) in [5.74, 6) is 0.910. The van der Waals surface area contributed by atoms with Crippen LogP contribution in [0.25, 0.3) is 0 Å². The van der Waals surface area contributed by atoms with Crippen LogP contribution in [0.15, 0.2) is 12.4 Å². The summed E-state index contributed by atoms with van der Waals surface area (Å²) in [7, 11) is 2.12. The highest BCUT2D eigenvalue weighted by Gasteiger charge is 2.53. The van der Waals surface area contributed by atoms with E-state index < -0.39 is 0 Å². The van der Waals surface area contributed by atoms with Crippen molar-refractivity contribution in [2.75, 3.05) is 51.6 Å². The molecule has 3 fully saturated rings. The van der Waals surface area contributed by atoms with Gasteiger partial charge in [0.25, 0.3) is 0 Å². The second-order valence-electron chi connectivity index (χ2n) is 7.80. The van der Waals surface area contributed by atoms with Gasteiger partial charge in [-0.25, -0.2) is 9.97 Å². The number of nitrogens with zero attached hydrogens (tertiary/aromatic N) is 5. The van der Waals surface area contributed by atoms with Crippen LogP contribution < -0.4 is 5.32 Å². The van der Waals surface area contributed by atoms with Gasteiger partial charge in [0.15, 0.2) is 0 Å². The van der Waals surface area contributed by atoms with Gasteiger partial charge < -0.3 is 15.1 Å². The van der Waals surface area contributed by atoms with Crippen LogP contribution in [0.4, 0.5) is 5.95 Å². The Bertz CT molecular complexity index is 648. The summed E-state index contributed by atoms with van der Waals surface area (Å²) in [5.41, 5.74) is -0.349. The van der Waals surface area contributed by atoms with Gasteiger partial charge in [-0.3, -0.25) is 9.69 Å². The van der Waals surface area contributed by atoms with Gasteiger partial charge in [0.2, 0.25) is 11.9 Å². The van der Waals surface area contributed by atoms with Gasteiger partial charge in [0.1, 0.15) is 5.54 Å². The van der Waals surface area contributed by atoms with Crippen molar-refractivity contribution in [3.63, 3.8) is 0 Å². The molecule has 4 heterocycles. The molecule has 1 aromatic heterocycles. The summed E-state index contributed by atoms with van der Waals surface area (Å²) in [4.78, 5) is 28.8. The fourth-order valence-electron chi connectivity index (χ4n) is 4.63. The van der Waals surface area contributed by atoms with Gasteiger partial charge in [-0.2, -0.15) is 0 Å². The Hall–Kier alpha value is -1.44. The second kappa shape index (κ2) is 7.29. The highest BCUT2D eigenvalue weighted by atomic mass is 35.5. The zero-order chi connectivity index (χ0) is 18.1. The molecule has 0 bridgehead atoms. The van der Waals surface area contributed by atoms with E-state index >= 15 is 0 Å². The van der Waals surface area contributed by atoms with E-state index in [1.807, 2.05) is 0 Å². The maximum absolute atomic E-state index is 13.5. The SMILES string of the molecule is CN1CCN(C(=O)[C@@]23CCCCN2C[C@@H](Nc2ncc(Cl)cn2)C3)CC1. The van der Waals surface area contributed by atoms with Crippen LogP contribution in [0.5, 0.6) is 0 Å². The Morgan fingerprint density at radius 2 is 1.92 bits per heavy atom. The van der Waals surface area contributed by atoms with Crippen LogP contribution in [-0.4, -0.2) is 88.5 Å². The quantitative estimate of drug-likeness (QED) is 0.855. The fraction of sp³-hybridized carbons (Fsp3) is 0.722. The first-order valence-corrected chi connectivity index (χ1v) is 9.92. The molecule has 3 aliphatic rings. The van der Waals surface area contributed by atoms with Gasteiger partial charge >= 0.3 is 0 Å². The number of amides is 1. The number of anilines is 1. The largest absolute Gasteiger partial charge is 0.350 e. The predicted molar refractivity (Wildman–Crippen MR) is 101 cm³/mol. The van der Waals surface area contributed by atoms with Gasteiger partial charge in [-0.1, -0.05) is 11.6 Å². The molecule has 3 aliphatic heterocycles. The van der Waals surface area contributed by atoms with E-state index in [0.29, 0.717) is 16.9 Å². The summed E-state index contributed by atoms with van der Waals surface area (Å²) in [5, 5.41) is 3.94. The number of hydrogen-bond donors (Lipinski definition) is 1. The molecule has 0 radical (unpaired) electrons. The zero-order valence-corrected chi connectivity index (χ0v) is 16.1. The molecule has 0 spiro atoms. The molecule has 26 heavy (non-hydrogen) atoms. The first-order chi connectivity index (χ1) is 12.6. The lowest BCUT2D eigenvalue weighted by atomic mass is 9.84. The molecule has 0 aliphatic carbocycles. The standard InChI is InChI=1S/C18H27ClN6O/c1-23-6-8-24(9-7-23)16(26)18-4-2-3-5-25(18)13-15(10-18)22-17-20-11-14(19)12-21-17/h11-12,15H,2-10,13H2,1H3,(H,20,21,22)/t15-,18-/m0/s1. The van der Waals surface area contributed by atoms with Gasteiger partial charge in [0, 0.05) is 38.8 Å². The van der Waals surface area contributed by atoms with Gasteiger partial charge in [-0.05, 0) is 39.3 Å². The fourth-order valence-corrected chi connectivity index (χ4v) is 4.72. The van der Waals surface area contributed by atoms with Crippen LogP contribution in [0.2, 0.25) is 5.02 Å². The summed E-state index contributed by atoms with van der Waals surface area (Å²) >= 11 is 5.87. The van der Waals surface area contributed by atoms with E-state index in [4.69, 9.17) is 11.6 Å². The van der Waals surface area contributed by atoms with Gasteiger partial charge in [0.05, 0.1) is 17.4 Å². The molecule has 0 aromatic carbocycles. The average Bonchev–Trinajstić information content (AvgIpc) is 3.03. The van der Waals surface area contributed by atoms with Crippen molar-refractivity contribution < 1.29 is 4.79 Å². The molecular weight excluding hydrogens is 352 g/mol. The third-order valence-corrected chi connectivity index (χ3v) is 6.24. The number of fused-ring (bicyclic) bond motifs is 1. The van der Waals surface area contributed by atoms with Crippen molar-refractivity contribution in [1.29, 1.82) is 0 Å². The normalized spacial score (nSPS) is 30.2. The zero-order valence-electron chi connectivity index (χ0n) is 15.3. The molecule has 2 atom stereocenters. The molecule has 142 valence electrons.